The van der Waals surface area contributed by atoms with Crippen LogP contribution in [0.1, 0.15) is 11.3 Å². The number of H-pyrrole nitrogens is 1. The van der Waals surface area contributed by atoms with Crippen molar-refractivity contribution in [3.8, 4) is 17.1 Å². The Labute approximate surface area is 152 Å². The molecule has 0 amide bonds. The zero-order valence-corrected chi connectivity index (χ0v) is 15.0. The number of hydrogen-bond donors (Lipinski definition) is 2. The van der Waals surface area contributed by atoms with Crippen LogP contribution in [-0.2, 0) is 0 Å². The summed E-state index contributed by atoms with van der Waals surface area (Å²) in [4.78, 5) is 12.8. The molecule has 0 atom stereocenters. The Kier molecular flexibility index (Phi) is 4.05. The Morgan fingerprint density at radius 1 is 0.962 bits per heavy atom. The van der Waals surface area contributed by atoms with Gasteiger partial charge in [-0.2, -0.15) is 0 Å². The molecule has 4 rings (SSSR count). The molecule has 26 heavy (non-hydrogen) atoms. The van der Waals surface area contributed by atoms with Crippen LogP contribution >= 0.6 is 0 Å². The topological polar surface area (TPSA) is 62.8 Å². The number of ether oxygens (including phenoxy) is 1. The predicted molar refractivity (Wildman–Crippen MR) is 105 cm³/mol. The molecule has 4 aromatic rings. The van der Waals surface area contributed by atoms with E-state index in [9.17, 15) is 0 Å². The van der Waals surface area contributed by atoms with Crippen LogP contribution in [0.4, 0.5) is 11.5 Å². The average Bonchev–Trinajstić information content (AvgIpc) is 3.03. The number of nitrogens with one attached hydrogen (secondary N) is 2. The van der Waals surface area contributed by atoms with Crippen molar-refractivity contribution in [2.75, 3.05) is 12.4 Å². The second-order valence-electron chi connectivity index (χ2n) is 6.31. The van der Waals surface area contributed by atoms with Crippen molar-refractivity contribution in [3.05, 3.63) is 65.9 Å². The summed E-state index contributed by atoms with van der Waals surface area (Å²) < 4.78 is 5.49. The first-order valence-electron chi connectivity index (χ1n) is 8.48. The van der Waals surface area contributed by atoms with Gasteiger partial charge >= 0.3 is 0 Å². The maximum atomic E-state index is 5.49. The Hall–Kier alpha value is -3.34. The summed E-state index contributed by atoms with van der Waals surface area (Å²) in [5.41, 5.74) is 4.85. The fourth-order valence-corrected chi connectivity index (χ4v) is 3.00. The van der Waals surface area contributed by atoms with Gasteiger partial charge in [-0.1, -0.05) is 36.4 Å². The fraction of sp³-hybridized carbons (Fsp3) is 0.143. The van der Waals surface area contributed by atoms with E-state index in [2.05, 4.69) is 29.4 Å². The predicted octanol–water partition coefficient (Wildman–Crippen LogP) is 4.99. The molecular formula is C21H20N4O. The summed E-state index contributed by atoms with van der Waals surface area (Å²) >= 11 is 0. The molecule has 0 radical (unpaired) electrons. The van der Waals surface area contributed by atoms with E-state index >= 15 is 0 Å². The van der Waals surface area contributed by atoms with E-state index in [0.29, 0.717) is 5.82 Å². The second kappa shape index (κ2) is 6.52. The standard InChI is InChI=1S/C21H20N4O/c1-13-9-10-18(26-3)17(11-13)23-21-16-12-14(2)22-20(16)24-19(25-21)15-7-5-4-6-8-15/h4-12H,1-3H3,(H2,22,23,24,25). The van der Waals surface area contributed by atoms with Crippen LogP contribution in [0.5, 0.6) is 5.75 Å². The molecular weight excluding hydrogens is 324 g/mol. The van der Waals surface area contributed by atoms with Crippen LogP contribution in [-0.4, -0.2) is 22.1 Å². The van der Waals surface area contributed by atoms with E-state index in [4.69, 9.17) is 14.7 Å². The molecule has 2 N–H and O–H groups in total. The number of aromatic nitrogens is 3. The summed E-state index contributed by atoms with van der Waals surface area (Å²) in [5, 5.41) is 4.38. The van der Waals surface area contributed by atoms with Crippen molar-refractivity contribution < 1.29 is 4.74 Å². The largest absolute Gasteiger partial charge is 0.495 e. The number of aromatic amines is 1. The molecule has 0 unspecified atom stereocenters. The highest BCUT2D eigenvalue weighted by Gasteiger charge is 2.13. The minimum Gasteiger partial charge on any atom is -0.495 e. The molecule has 0 fully saturated rings. The third kappa shape index (κ3) is 2.99. The lowest BCUT2D eigenvalue weighted by molar-refractivity contribution is 0.416. The molecule has 130 valence electrons. The molecule has 0 saturated heterocycles. The first kappa shape index (κ1) is 16.1. The number of rotatable bonds is 4. The fourth-order valence-electron chi connectivity index (χ4n) is 3.00. The van der Waals surface area contributed by atoms with Gasteiger partial charge in [0.15, 0.2) is 5.82 Å². The van der Waals surface area contributed by atoms with Crippen molar-refractivity contribution in [1.29, 1.82) is 0 Å². The van der Waals surface area contributed by atoms with Gasteiger partial charge in [-0.25, -0.2) is 9.97 Å². The monoisotopic (exact) mass is 344 g/mol. The number of aryl methyl sites for hydroxylation is 2. The summed E-state index contributed by atoms with van der Waals surface area (Å²) in [7, 11) is 1.67. The highest BCUT2D eigenvalue weighted by Crippen LogP contribution is 2.32. The number of nitrogens with zero attached hydrogens (tertiary/aromatic N) is 2. The van der Waals surface area contributed by atoms with Crippen LogP contribution in [0.2, 0.25) is 0 Å². The van der Waals surface area contributed by atoms with Crippen molar-refractivity contribution in [1.82, 2.24) is 15.0 Å². The Morgan fingerprint density at radius 3 is 2.54 bits per heavy atom. The van der Waals surface area contributed by atoms with Gasteiger partial charge in [-0.3, -0.25) is 0 Å². The molecule has 5 heteroatoms. The molecule has 0 bridgehead atoms. The van der Waals surface area contributed by atoms with Gasteiger partial charge in [0.2, 0.25) is 0 Å². The lowest BCUT2D eigenvalue weighted by atomic mass is 10.2. The quantitative estimate of drug-likeness (QED) is 0.547. The Bertz CT molecular complexity index is 1070. The molecule has 5 nitrogen and oxygen atoms in total. The normalized spacial score (nSPS) is 10.9. The van der Waals surface area contributed by atoms with Crippen LogP contribution in [0.3, 0.4) is 0 Å². The zero-order valence-electron chi connectivity index (χ0n) is 15.0. The van der Waals surface area contributed by atoms with E-state index in [1.165, 1.54) is 0 Å². The van der Waals surface area contributed by atoms with Gasteiger partial charge in [0, 0.05) is 11.3 Å². The highest BCUT2D eigenvalue weighted by atomic mass is 16.5. The Balaban J connectivity index is 1.87. The van der Waals surface area contributed by atoms with Crippen LogP contribution in [0.15, 0.2) is 54.6 Å². The first-order chi connectivity index (χ1) is 12.6. The molecule has 2 aromatic carbocycles. The summed E-state index contributed by atoms with van der Waals surface area (Å²) in [6.07, 6.45) is 0. The summed E-state index contributed by atoms with van der Waals surface area (Å²) in [6.45, 7) is 4.07. The average molecular weight is 344 g/mol. The van der Waals surface area contributed by atoms with E-state index in [1.54, 1.807) is 7.11 Å². The van der Waals surface area contributed by atoms with E-state index in [1.807, 2.05) is 49.4 Å². The molecule has 0 saturated carbocycles. The van der Waals surface area contributed by atoms with Crippen LogP contribution in [0, 0.1) is 13.8 Å². The van der Waals surface area contributed by atoms with Gasteiger partial charge in [0.05, 0.1) is 18.2 Å². The number of fused-ring (bicyclic) bond motifs is 1. The molecule has 0 aliphatic carbocycles. The lowest BCUT2D eigenvalue weighted by Gasteiger charge is -2.13. The second-order valence-corrected chi connectivity index (χ2v) is 6.31. The third-order valence-electron chi connectivity index (χ3n) is 4.26. The third-order valence-corrected chi connectivity index (χ3v) is 4.26. The number of methoxy groups -OCH3 is 1. The van der Waals surface area contributed by atoms with Crippen LogP contribution in [0.25, 0.3) is 22.4 Å². The maximum absolute atomic E-state index is 5.49. The van der Waals surface area contributed by atoms with Crippen molar-refractivity contribution in [2.24, 2.45) is 0 Å². The minimum absolute atomic E-state index is 0.675. The van der Waals surface area contributed by atoms with E-state index < -0.39 is 0 Å². The number of benzene rings is 2. The van der Waals surface area contributed by atoms with Crippen molar-refractivity contribution in [2.45, 2.75) is 13.8 Å². The summed E-state index contributed by atoms with van der Waals surface area (Å²) in [6, 6.07) is 18.0. The zero-order chi connectivity index (χ0) is 18.1. The molecule has 0 aliphatic heterocycles. The molecule has 2 aromatic heterocycles. The molecule has 2 heterocycles. The van der Waals surface area contributed by atoms with Gasteiger partial charge in [0.25, 0.3) is 0 Å². The maximum Gasteiger partial charge on any atom is 0.163 e. The molecule has 0 spiro atoms. The first-order valence-corrected chi connectivity index (χ1v) is 8.48. The number of hydrogen-bond acceptors (Lipinski definition) is 4. The SMILES string of the molecule is COc1ccc(C)cc1Nc1nc(-c2ccccc2)nc2[nH]c(C)cc12. The van der Waals surface area contributed by atoms with E-state index in [0.717, 1.165) is 45.1 Å². The van der Waals surface area contributed by atoms with Crippen LogP contribution < -0.4 is 10.1 Å². The van der Waals surface area contributed by atoms with Gasteiger partial charge < -0.3 is 15.0 Å². The minimum atomic E-state index is 0.675. The Morgan fingerprint density at radius 2 is 1.77 bits per heavy atom. The van der Waals surface area contributed by atoms with Gasteiger partial charge in [-0.05, 0) is 37.6 Å². The smallest absolute Gasteiger partial charge is 0.163 e. The lowest BCUT2D eigenvalue weighted by Crippen LogP contribution is -2.00. The van der Waals surface area contributed by atoms with Crippen molar-refractivity contribution >= 4 is 22.5 Å². The molecule has 0 aliphatic rings. The summed E-state index contributed by atoms with van der Waals surface area (Å²) in [5.74, 6) is 2.20. The number of anilines is 2. The van der Waals surface area contributed by atoms with Crippen molar-refractivity contribution in [3.63, 3.8) is 0 Å². The highest BCUT2D eigenvalue weighted by molar-refractivity contribution is 5.91. The van der Waals surface area contributed by atoms with Gasteiger partial charge in [0.1, 0.15) is 17.2 Å². The van der Waals surface area contributed by atoms with E-state index in [-0.39, 0.29) is 0 Å². The van der Waals surface area contributed by atoms with Gasteiger partial charge in [-0.15, -0.1) is 0 Å².